The Labute approximate surface area is 240 Å². The van der Waals surface area contributed by atoms with E-state index in [1.165, 1.54) is 0 Å². The Morgan fingerprint density at radius 3 is 1.51 bits per heavy atom. The van der Waals surface area contributed by atoms with Crippen molar-refractivity contribution in [2.75, 3.05) is 0 Å². The Morgan fingerprint density at radius 2 is 1.08 bits per heavy atom. The molecular formula is C28H23Cl2F6Zr. The molecule has 0 spiro atoms. The molecular weight excluding hydrogens is 612 g/mol. The van der Waals surface area contributed by atoms with Gasteiger partial charge in [0.2, 0.25) is 0 Å². The zero-order valence-corrected chi connectivity index (χ0v) is 24.3. The van der Waals surface area contributed by atoms with Crippen molar-refractivity contribution in [3.63, 3.8) is 0 Å². The van der Waals surface area contributed by atoms with E-state index in [9.17, 15) is 26.3 Å². The van der Waals surface area contributed by atoms with Crippen molar-refractivity contribution in [1.82, 2.24) is 0 Å². The maximum absolute atomic E-state index is 13.7. The minimum atomic E-state index is -4.91. The second kappa shape index (κ2) is 10.5. The number of allylic oxidation sites excluding steroid dienone is 8. The zero-order chi connectivity index (χ0) is 26.0. The van der Waals surface area contributed by atoms with E-state index >= 15 is 0 Å². The van der Waals surface area contributed by atoms with Crippen LogP contribution in [0.2, 0.25) is 0 Å². The van der Waals surface area contributed by atoms with E-state index in [1.54, 1.807) is 0 Å². The Morgan fingerprint density at radius 1 is 0.622 bits per heavy atom. The predicted octanol–water partition coefficient (Wildman–Crippen LogP) is 2.59. The summed E-state index contributed by atoms with van der Waals surface area (Å²) in [5.41, 5.74) is 2.13. The number of rotatable bonds is 3. The van der Waals surface area contributed by atoms with Gasteiger partial charge in [0, 0.05) is 0 Å². The Kier molecular flexibility index (Phi) is 9.02. The third kappa shape index (κ3) is 5.47. The molecule has 0 aromatic heterocycles. The standard InChI is InChI=1S/C28H23F6.2ClH.Zr/c1-16-10-24(20-11-22(27(29,30)31)13-23(12-20)28(32,33)34)25(19(16)4)26(14-17(2)18(3)15-26)21-8-6-5-7-9-21;;;/h5-15H,1-4H3;2*1H;/q;;;+2/p-2. The molecule has 0 saturated carbocycles. The fraction of sp³-hybridized carbons (Fsp3) is 0.286. The Hall–Kier alpha value is -1.56. The van der Waals surface area contributed by atoms with Crippen molar-refractivity contribution < 1.29 is 75.9 Å². The van der Waals surface area contributed by atoms with Crippen LogP contribution in [-0.2, 0) is 45.6 Å². The predicted molar refractivity (Wildman–Crippen MR) is 120 cm³/mol. The van der Waals surface area contributed by atoms with Crippen molar-refractivity contribution >= 4 is 0 Å². The van der Waals surface area contributed by atoms with Gasteiger partial charge in [-0.3, -0.25) is 0 Å². The Bertz CT molecular complexity index is 1270. The van der Waals surface area contributed by atoms with E-state index in [4.69, 9.17) is 0 Å². The number of halogens is 8. The van der Waals surface area contributed by atoms with E-state index in [2.05, 4.69) is 12.2 Å². The molecule has 0 aliphatic heterocycles. The van der Waals surface area contributed by atoms with Crippen molar-refractivity contribution in [3.8, 4) is 0 Å². The molecule has 9 heteroatoms. The van der Waals surface area contributed by atoms with Crippen LogP contribution in [0, 0.1) is 0 Å². The molecule has 0 saturated heterocycles. The molecule has 195 valence electrons. The van der Waals surface area contributed by atoms with Crippen LogP contribution in [0.15, 0.2) is 94.6 Å². The van der Waals surface area contributed by atoms with Crippen molar-refractivity contribution in [1.29, 1.82) is 0 Å². The van der Waals surface area contributed by atoms with Gasteiger partial charge in [0.1, 0.15) is 0 Å². The van der Waals surface area contributed by atoms with E-state index < -0.39 is 32.0 Å². The van der Waals surface area contributed by atoms with Gasteiger partial charge < -0.3 is 24.8 Å². The van der Waals surface area contributed by atoms with Crippen LogP contribution < -0.4 is 24.8 Å². The summed E-state index contributed by atoms with van der Waals surface area (Å²) in [6, 6.07) is 11.5. The molecule has 0 bridgehead atoms. The zero-order valence-electron chi connectivity index (χ0n) is 20.4. The Balaban J connectivity index is 0.00000241. The van der Waals surface area contributed by atoms with E-state index in [1.807, 2.05) is 64.1 Å². The average molecular weight is 636 g/mol. The van der Waals surface area contributed by atoms with Gasteiger partial charge in [-0.15, -0.1) is 0 Å². The third-order valence-electron chi connectivity index (χ3n) is 7.01. The molecule has 2 aliphatic rings. The van der Waals surface area contributed by atoms with Gasteiger partial charge in [-0.25, -0.2) is 0 Å². The van der Waals surface area contributed by atoms with Crippen LogP contribution in [0.3, 0.4) is 0 Å². The number of benzene rings is 2. The average Bonchev–Trinajstić information content (AvgIpc) is 3.20. The van der Waals surface area contributed by atoms with Crippen LogP contribution in [0.4, 0.5) is 26.3 Å². The number of hydrogen-bond acceptors (Lipinski definition) is 0. The fourth-order valence-electron chi connectivity index (χ4n) is 5.17. The summed E-state index contributed by atoms with van der Waals surface area (Å²) >= 11 is 0.783. The number of hydrogen-bond donors (Lipinski definition) is 0. The first-order valence-corrected chi connectivity index (χ1v) is 12.2. The minimum absolute atomic E-state index is 0. The second-order valence-electron chi connectivity index (χ2n) is 9.32. The first-order chi connectivity index (χ1) is 16.1. The van der Waals surface area contributed by atoms with Crippen LogP contribution in [0.5, 0.6) is 0 Å². The molecule has 2 aromatic carbocycles. The van der Waals surface area contributed by atoms with Crippen LogP contribution in [-0.4, -0.2) is 0 Å². The normalized spacial score (nSPS) is 21.1. The molecule has 37 heavy (non-hydrogen) atoms. The summed E-state index contributed by atoms with van der Waals surface area (Å²) in [7, 11) is 0. The monoisotopic (exact) mass is 633 g/mol. The van der Waals surface area contributed by atoms with E-state index in [0.717, 1.165) is 70.3 Å². The van der Waals surface area contributed by atoms with Gasteiger partial charge >= 0.3 is 217 Å². The molecule has 2 aromatic rings. The molecule has 0 heterocycles. The van der Waals surface area contributed by atoms with E-state index in [0.29, 0.717) is 0 Å². The molecule has 0 N–H and O–H groups in total. The van der Waals surface area contributed by atoms with Gasteiger partial charge in [-0.2, -0.15) is 0 Å². The van der Waals surface area contributed by atoms with Gasteiger partial charge in [-0.1, -0.05) is 0 Å². The van der Waals surface area contributed by atoms with Gasteiger partial charge in [0.15, 0.2) is 0 Å². The molecule has 0 fully saturated rings. The molecule has 1 unspecified atom stereocenters. The summed E-state index contributed by atoms with van der Waals surface area (Å²) in [5, 5.41) is 0. The smallest absolute Gasteiger partial charge is 1.00 e. The van der Waals surface area contributed by atoms with Gasteiger partial charge in [0.05, 0.1) is 0 Å². The summed E-state index contributed by atoms with van der Waals surface area (Å²) < 4.78 is 81.3. The quantitative estimate of drug-likeness (QED) is 0.456. The maximum atomic E-state index is 13.7. The van der Waals surface area contributed by atoms with Crippen molar-refractivity contribution in [3.05, 3.63) is 117 Å². The first kappa shape index (κ1) is 31.7. The second-order valence-corrected chi connectivity index (χ2v) is 11.3. The summed E-state index contributed by atoms with van der Waals surface area (Å²) in [6.45, 7) is 7.71. The molecule has 2 aliphatic carbocycles. The molecule has 0 amide bonds. The van der Waals surface area contributed by atoms with Gasteiger partial charge in [0.25, 0.3) is 0 Å². The largest absolute Gasteiger partial charge is 1.00 e. The summed E-state index contributed by atoms with van der Waals surface area (Å²) in [6.07, 6.45) is -3.81. The topological polar surface area (TPSA) is 0 Å². The van der Waals surface area contributed by atoms with Gasteiger partial charge in [-0.05, 0) is 0 Å². The van der Waals surface area contributed by atoms with Crippen LogP contribution >= 0.6 is 0 Å². The van der Waals surface area contributed by atoms with Crippen LogP contribution in [0.25, 0.3) is 0 Å². The fourth-order valence-corrected chi connectivity index (χ4v) is 7.02. The summed E-state index contributed by atoms with van der Waals surface area (Å²) in [5.74, 6) is 0. The number of alkyl halides is 6. The molecule has 0 radical (unpaired) electrons. The van der Waals surface area contributed by atoms with E-state index in [-0.39, 0.29) is 36.4 Å². The minimum Gasteiger partial charge on any atom is -1.00 e. The third-order valence-corrected chi connectivity index (χ3v) is 8.69. The molecule has 4 rings (SSSR count). The van der Waals surface area contributed by atoms with Crippen molar-refractivity contribution in [2.24, 2.45) is 0 Å². The summed E-state index contributed by atoms with van der Waals surface area (Å²) in [4.78, 5) is 0. The maximum Gasteiger partial charge on any atom is -1.00 e. The van der Waals surface area contributed by atoms with Crippen molar-refractivity contribution in [2.45, 2.75) is 48.6 Å². The first-order valence-electron chi connectivity index (χ1n) is 11.0. The molecule has 0 nitrogen and oxygen atoms in total. The SMILES string of the molecule is CC1=CC(C2=C(C)C(C)=C[C]2([Zr+2])c2cc(C(F)(F)F)cc(C(F)(F)F)c2)(c2ccccc2)C=C1C.[Cl-].[Cl-]. The molecule has 1 atom stereocenters. The van der Waals surface area contributed by atoms with Crippen LogP contribution in [0.1, 0.15) is 49.9 Å².